The number of hydrogen-bond acceptors (Lipinski definition) is 4. The number of rotatable bonds is 7. The van der Waals surface area contributed by atoms with E-state index < -0.39 is 15.7 Å². The molecule has 6 nitrogen and oxygen atoms in total. The molecular weight excluding hydrogens is 496 g/mol. The van der Waals surface area contributed by atoms with E-state index in [4.69, 9.17) is 10.5 Å². The van der Waals surface area contributed by atoms with Gasteiger partial charge in [0.05, 0.1) is 18.4 Å². The van der Waals surface area contributed by atoms with Crippen LogP contribution >= 0.6 is 24.0 Å². The molecule has 28 heavy (non-hydrogen) atoms. The van der Waals surface area contributed by atoms with Gasteiger partial charge in [-0.2, -0.15) is 0 Å². The zero-order valence-electron chi connectivity index (χ0n) is 16.0. The summed E-state index contributed by atoms with van der Waals surface area (Å²) in [7, 11) is -3.24. The number of sulfone groups is 1. The van der Waals surface area contributed by atoms with E-state index in [9.17, 15) is 12.8 Å². The molecule has 0 saturated carbocycles. The van der Waals surface area contributed by atoms with Gasteiger partial charge in [-0.3, -0.25) is 0 Å². The fraction of sp³-hybridized carbons (Fsp3) is 0.316. The van der Waals surface area contributed by atoms with Gasteiger partial charge < -0.3 is 15.8 Å². The van der Waals surface area contributed by atoms with Gasteiger partial charge in [0.2, 0.25) is 0 Å². The second-order valence-corrected chi connectivity index (χ2v) is 8.64. The molecule has 0 aliphatic heterocycles. The molecule has 0 atom stereocenters. The number of halogens is 2. The van der Waals surface area contributed by atoms with Crippen LogP contribution in [0.2, 0.25) is 0 Å². The number of aliphatic imine (C=N–C) groups is 1. The van der Waals surface area contributed by atoms with Crippen LogP contribution in [0, 0.1) is 5.82 Å². The molecule has 0 aliphatic carbocycles. The van der Waals surface area contributed by atoms with E-state index in [-0.39, 0.29) is 48.3 Å². The number of anilines is 1. The third kappa shape index (κ3) is 8.42. The van der Waals surface area contributed by atoms with Gasteiger partial charge in [-0.1, -0.05) is 6.07 Å². The largest absolute Gasteiger partial charge is 0.491 e. The highest BCUT2D eigenvalue weighted by atomic mass is 127. The Labute approximate surface area is 182 Å². The van der Waals surface area contributed by atoms with Crippen molar-refractivity contribution >= 4 is 45.5 Å². The molecule has 0 heterocycles. The predicted octanol–water partition coefficient (Wildman–Crippen LogP) is 3.70. The third-order valence-electron chi connectivity index (χ3n) is 3.50. The first kappa shape index (κ1) is 24.2. The summed E-state index contributed by atoms with van der Waals surface area (Å²) in [6.07, 6.45) is 1.22. The highest BCUT2D eigenvalue weighted by Crippen LogP contribution is 2.18. The van der Waals surface area contributed by atoms with Crippen molar-refractivity contribution in [1.29, 1.82) is 0 Å². The summed E-state index contributed by atoms with van der Waals surface area (Å²) in [5, 5.41) is 2.94. The van der Waals surface area contributed by atoms with Gasteiger partial charge in [-0.25, -0.2) is 17.8 Å². The lowest BCUT2D eigenvalue weighted by Crippen LogP contribution is -2.22. The Morgan fingerprint density at radius 2 is 1.82 bits per heavy atom. The Morgan fingerprint density at radius 1 is 1.18 bits per heavy atom. The minimum absolute atomic E-state index is 0. The summed E-state index contributed by atoms with van der Waals surface area (Å²) < 4.78 is 42.2. The molecule has 9 heteroatoms. The summed E-state index contributed by atoms with van der Waals surface area (Å²) >= 11 is 0. The van der Waals surface area contributed by atoms with Crippen molar-refractivity contribution in [3.63, 3.8) is 0 Å². The first-order valence-corrected chi connectivity index (χ1v) is 10.5. The fourth-order valence-corrected chi connectivity index (χ4v) is 3.26. The molecule has 154 valence electrons. The Balaban J connectivity index is 0.00000392. The van der Waals surface area contributed by atoms with Crippen molar-refractivity contribution in [2.45, 2.75) is 32.2 Å². The van der Waals surface area contributed by atoms with Crippen LogP contribution < -0.4 is 15.8 Å². The van der Waals surface area contributed by atoms with Crippen LogP contribution in [0.3, 0.4) is 0 Å². The number of nitrogens with one attached hydrogen (secondary N) is 1. The number of benzene rings is 2. The van der Waals surface area contributed by atoms with E-state index in [1.54, 1.807) is 12.1 Å². The summed E-state index contributed by atoms with van der Waals surface area (Å²) in [4.78, 5) is 4.18. The van der Waals surface area contributed by atoms with Gasteiger partial charge >= 0.3 is 0 Å². The van der Waals surface area contributed by atoms with Crippen LogP contribution in [0.25, 0.3) is 0 Å². The molecule has 0 radical (unpaired) electrons. The summed E-state index contributed by atoms with van der Waals surface area (Å²) in [5.74, 6) is 0.256. The molecule has 0 spiro atoms. The van der Waals surface area contributed by atoms with Crippen molar-refractivity contribution < 1.29 is 17.5 Å². The van der Waals surface area contributed by atoms with Crippen LogP contribution in [-0.2, 0) is 22.1 Å². The normalized spacial score (nSPS) is 11.8. The van der Waals surface area contributed by atoms with Crippen LogP contribution in [0.15, 0.2) is 47.5 Å². The van der Waals surface area contributed by atoms with Gasteiger partial charge in [-0.05, 0) is 61.4 Å². The zero-order chi connectivity index (χ0) is 20.0. The topological polar surface area (TPSA) is 93.8 Å². The number of nitrogens with zero attached hydrogens (tertiary/aromatic N) is 1. The molecule has 3 N–H and O–H groups in total. The van der Waals surface area contributed by atoms with Crippen LogP contribution in [0.5, 0.6) is 5.75 Å². The molecule has 0 saturated heterocycles. The van der Waals surface area contributed by atoms with E-state index in [1.807, 2.05) is 26.0 Å². The Morgan fingerprint density at radius 3 is 2.39 bits per heavy atom. The first-order chi connectivity index (χ1) is 12.6. The van der Waals surface area contributed by atoms with Crippen molar-refractivity contribution in [2.75, 3.05) is 11.6 Å². The van der Waals surface area contributed by atoms with E-state index in [0.717, 1.165) is 17.7 Å². The van der Waals surface area contributed by atoms with Gasteiger partial charge in [0.15, 0.2) is 15.8 Å². The highest BCUT2D eigenvalue weighted by molar-refractivity contribution is 14.0. The van der Waals surface area contributed by atoms with E-state index in [1.165, 1.54) is 18.2 Å². The number of ether oxygens (including phenoxy) is 1. The molecule has 0 amide bonds. The molecule has 0 unspecified atom stereocenters. The number of nitrogens with two attached hydrogens (primary N) is 1. The van der Waals surface area contributed by atoms with Crippen molar-refractivity contribution in [2.24, 2.45) is 10.7 Å². The lowest BCUT2D eigenvalue weighted by atomic mass is 10.1. The lowest BCUT2D eigenvalue weighted by molar-refractivity contribution is 0.242. The maximum absolute atomic E-state index is 13.5. The average Bonchev–Trinajstić information content (AvgIpc) is 2.55. The van der Waals surface area contributed by atoms with Crippen molar-refractivity contribution in [1.82, 2.24) is 0 Å². The smallest absolute Gasteiger partial charge is 0.193 e. The molecule has 2 aromatic rings. The monoisotopic (exact) mass is 521 g/mol. The second-order valence-electron chi connectivity index (χ2n) is 6.50. The average molecular weight is 521 g/mol. The molecule has 0 aliphatic rings. The fourth-order valence-electron chi connectivity index (χ4n) is 2.41. The Bertz CT molecular complexity index is 917. The number of guanidine groups is 1. The quantitative estimate of drug-likeness (QED) is 0.329. The summed E-state index contributed by atoms with van der Waals surface area (Å²) in [6, 6.07) is 11.2. The SMILES string of the molecule is CC(C)Oc1ccc(NC(N)=NCc2cc(F)ccc2CS(C)(=O)=O)cc1.I. The minimum Gasteiger partial charge on any atom is -0.491 e. The van der Waals surface area contributed by atoms with E-state index in [2.05, 4.69) is 10.3 Å². The maximum Gasteiger partial charge on any atom is 0.193 e. The molecule has 0 bridgehead atoms. The molecular formula is C19H25FIN3O3S. The van der Waals surface area contributed by atoms with Crippen LogP contribution in [0.4, 0.5) is 10.1 Å². The Kier molecular flexibility index (Phi) is 9.15. The molecule has 0 aromatic heterocycles. The van der Waals surface area contributed by atoms with Crippen molar-refractivity contribution in [3.05, 3.63) is 59.4 Å². The highest BCUT2D eigenvalue weighted by Gasteiger charge is 2.10. The van der Waals surface area contributed by atoms with Crippen molar-refractivity contribution in [3.8, 4) is 5.75 Å². The molecule has 2 aromatic carbocycles. The predicted molar refractivity (Wildman–Crippen MR) is 122 cm³/mol. The Hall–Kier alpha value is -1.88. The summed E-state index contributed by atoms with van der Waals surface area (Å²) in [6.45, 7) is 3.96. The van der Waals surface area contributed by atoms with E-state index in [0.29, 0.717) is 11.1 Å². The maximum atomic E-state index is 13.5. The number of hydrogen-bond donors (Lipinski definition) is 2. The standard InChI is InChI=1S/C19H24FN3O3S.HI/c1-13(2)26-18-8-6-17(7-9-18)23-19(21)22-11-15-10-16(20)5-4-14(15)12-27(3,24)25;/h4-10,13H,11-12H2,1-3H3,(H3,21,22,23);1H. The minimum atomic E-state index is -3.24. The lowest BCUT2D eigenvalue weighted by Gasteiger charge is -2.11. The second kappa shape index (κ2) is 10.6. The molecule has 0 fully saturated rings. The van der Waals surface area contributed by atoms with E-state index >= 15 is 0 Å². The van der Waals surface area contributed by atoms with Gasteiger partial charge in [0.25, 0.3) is 0 Å². The zero-order valence-corrected chi connectivity index (χ0v) is 19.1. The third-order valence-corrected chi connectivity index (χ3v) is 4.34. The first-order valence-electron chi connectivity index (χ1n) is 8.41. The van der Waals surface area contributed by atoms with Gasteiger partial charge in [-0.15, -0.1) is 24.0 Å². The summed E-state index contributed by atoms with van der Waals surface area (Å²) in [5.41, 5.74) is 7.59. The van der Waals surface area contributed by atoms with Crippen LogP contribution in [0.1, 0.15) is 25.0 Å². The van der Waals surface area contributed by atoms with Crippen LogP contribution in [-0.4, -0.2) is 26.7 Å². The van der Waals surface area contributed by atoms with Gasteiger partial charge in [0.1, 0.15) is 11.6 Å². The molecule has 2 rings (SSSR count). The van der Waals surface area contributed by atoms with Gasteiger partial charge in [0, 0.05) is 11.9 Å².